The highest BCUT2D eigenvalue weighted by Crippen LogP contribution is 2.03. The molecule has 3 N–H and O–H groups in total. The van der Waals surface area contributed by atoms with Crippen LogP contribution in [-0.4, -0.2) is 18.1 Å². The van der Waals surface area contributed by atoms with Gasteiger partial charge in [0.1, 0.15) is 0 Å². The third-order valence-corrected chi connectivity index (χ3v) is 1.51. The third kappa shape index (κ3) is 4.06. The Labute approximate surface area is 74.7 Å². The van der Waals surface area contributed by atoms with E-state index >= 15 is 0 Å². The van der Waals surface area contributed by atoms with E-state index in [-0.39, 0.29) is 0 Å². The largest absolute Gasteiger partial charge is 0.303 e. The lowest BCUT2D eigenvalue weighted by Crippen LogP contribution is -2.30. The molecule has 0 aliphatic carbocycles. The van der Waals surface area contributed by atoms with Crippen molar-refractivity contribution in [2.45, 2.75) is 12.8 Å². The fourth-order valence-electron chi connectivity index (χ4n) is 0.979. The molecule has 0 spiro atoms. The molecule has 0 unspecified atom stereocenters. The van der Waals surface area contributed by atoms with Crippen LogP contribution in [0, 0.1) is 0 Å². The number of nitrogens with two attached hydrogens (primary N) is 1. The lowest BCUT2D eigenvalue weighted by atomic mass is 10.4. The van der Waals surface area contributed by atoms with Crippen LogP contribution in [0.1, 0.15) is 12.8 Å². The van der Waals surface area contributed by atoms with Crippen molar-refractivity contribution < 1.29 is 0 Å². The van der Waals surface area contributed by atoms with E-state index in [0.29, 0.717) is 0 Å². The standard InChI is InChI=1S/C4H11N9/c5-6-7-8-9-10-11-12-13-3-1-2-4-13/h1-4H2,(H2,5,7,9,11)(H,6,8,10,12). The van der Waals surface area contributed by atoms with Gasteiger partial charge >= 0.3 is 0 Å². The summed E-state index contributed by atoms with van der Waals surface area (Å²) in [4.78, 5) is 0. The maximum absolute atomic E-state index is 4.65. The fraction of sp³-hybridized carbons (Fsp3) is 1.00. The van der Waals surface area contributed by atoms with Gasteiger partial charge in [-0.05, 0) is 39.0 Å². The van der Waals surface area contributed by atoms with Crippen molar-refractivity contribution in [3.8, 4) is 0 Å². The van der Waals surface area contributed by atoms with Crippen molar-refractivity contribution in [1.29, 1.82) is 0 Å². The van der Waals surface area contributed by atoms with Crippen molar-refractivity contribution in [2.75, 3.05) is 13.1 Å². The van der Waals surface area contributed by atoms with Crippen LogP contribution in [-0.2, 0) is 0 Å². The van der Waals surface area contributed by atoms with Gasteiger partial charge in [0.05, 0.1) is 0 Å². The van der Waals surface area contributed by atoms with Crippen LogP contribution in [0.4, 0.5) is 0 Å². The van der Waals surface area contributed by atoms with Crippen LogP contribution in [0.15, 0.2) is 31.3 Å². The summed E-state index contributed by atoms with van der Waals surface area (Å²) in [6, 6.07) is 0. The maximum Gasteiger partial charge on any atom is 0.0195 e. The molecule has 0 aromatic heterocycles. The van der Waals surface area contributed by atoms with Crippen LogP contribution < -0.4 is 11.4 Å². The van der Waals surface area contributed by atoms with Crippen LogP contribution in [0.3, 0.4) is 0 Å². The van der Waals surface area contributed by atoms with Crippen molar-refractivity contribution >= 4 is 0 Å². The van der Waals surface area contributed by atoms with E-state index in [0.717, 1.165) is 13.1 Å². The fourth-order valence-corrected chi connectivity index (χ4v) is 0.979. The highest BCUT2D eigenvalue weighted by molar-refractivity contribution is 4.59. The van der Waals surface area contributed by atoms with Gasteiger partial charge in [-0.25, -0.2) is 10.5 Å². The molecule has 1 aliphatic rings. The van der Waals surface area contributed by atoms with Gasteiger partial charge in [0, 0.05) is 13.1 Å². The van der Waals surface area contributed by atoms with E-state index in [4.69, 9.17) is 0 Å². The minimum Gasteiger partial charge on any atom is -0.303 e. The average Bonchev–Trinajstić information content (AvgIpc) is 2.63. The second-order valence-corrected chi connectivity index (χ2v) is 2.37. The third-order valence-electron chi connectivity index (χ3n) is 1.51. The number of hydrogen-bond donors (Lipinski definition) is 2. The molecule has 0 amide bonds. The van der Waals surface area contributed by atoms with Gasteiger partial charge in [-0.15, -0.1) is 0 Å². The molecule has 0 aromatic rings. The smallest absolute Gasteiger partial charge is 0.0195 e. The van der Waals surface area contributed by atoms with Crippen molar-refractivity contribution in [1.82, 2.24) is 10.5 Å². The molecule has 1 aliphatic heterocycles. The van der Waals surface area contributed by atoms with E-state index in [9.17, 15) is 0 Å². The number of hydrazine groups is 1. The van der Waals surface area contributed by atoms with Gasteiger partial charge in [-0.1, -0.05) is 5.22 Å². The highest BCUT2D eigenvalue weighted by atomic mass is 15.7. The monoisotopic (exact) mass is 185 g/mol. The van der Waals surface area contributed by atoms with Gasteiger partial charge < -0.3 is 5.84 Å². The molecular formula is C4H11N9. The summed E-state index contributed by atoms with van der Waals surface area (Å²) in [7, 11) is 0. The van der Waals surface area contributed by atoms with E-state index < -0.39 is 0 Å². The Bertz CT molecular complexity index is 202. The van der Waals surface area contributed by atoms with Crippen molar-refractivity contribution in [2.24, 2.45) is 37.2 Å². The van der Waals surface area contributed by atoms with Gasteiger partial charge in [0.25, 0.3) is 0 Å². The van der Waals surface area contributed by atoms with Gasteiger partial charge in [-0.3, -0.25) is 0 Å². The zero-order valence-electron chi connectivity index (χ0n) is 7.04. The zero-order chi connectivity index (χ0) is 9.36. The van der Waals surface area contributed by atoms with Crippen molar-refractivity contribution in [3.63, 3.8) is 0 Å². The molecule has 0 bridgehead atoms. The summed E-state index contributed by atoms with van der Waals surface area (Å²) in [6.45, 7) is 1.94. The Morgan fingerprint density at radius 2 is 1.69 bits per heavy atom. The Balaban J connectivity index is 2.10. The van der Waals surface area contributed by atoms with Crippen LogP contribution in [0.25, 0.3) is 0 Å². The molecule has 1 saturated heterocycles. The average molecular weight is 185 g/mol. The first kappa shape index (κ1) is 9.45. The minimum absolute atomic E-state index is 0.971. The van der Waals surface area contributed by atoms with E-state index in [1.54, 1.807) is 0 Å². The molecule has 9 nitrogen and oxygen atoms in total. The summed E-state index contributed by atoms with van der Waals surface area (Å²) >= 11 is 0. The molecule has 0 radical (unpaired) electrons. The zero-order valence-corrected chi connectivity index (χ0v) is 7.04. The van der Waals surface area contributed by atoms with Crippen LogP contribution in [0.2, 0.25) is 0 Å². The SMILES string of the molecule is NN=NN=NN=NNN1CCCC1. The molecule has 0 atom stereocenters. The summed E-state index contributed by atoms with van der Waals surface area (Å²) < 4.78 is 0. The second-order valence-electron chi connectivity index (χ2n) is 2.37. The van der Waals surface area contributed by atoms with E-state index in [1.807, 2.05) is 5.01 Å². The predicted octanol–water partition coefficient (Wildman–Crippen LogP) is 0.562. The van der Waals surface area contributed by atoms with Crippen LogP contribution in [0.5, 0.6) is 0 Å². The normalized spacial score (nSPS) is 19.7. The van der Waals surface area contributed by atoms with Crippen molar-refractivity contribution in [3.05, 3.63) is 0 Å². The number of rotatable bonds is 4. The van der Waals surface area contributed by atoms with Gasteiger partial charge in [0.15, 0.2) is 0 Å². The highest BCUT2D eigenvalue weighted by Gasteiger charge is 2.09. The number of nitrogens with zero attached hydrogens (tertiary/aromatic N) is 7. The molecule has 72 valence electrons. The number of hydrogen-bond acceptors (Lipinski definition) is 3. The molecule has 1 fully saturated rings. The molecule has 1 rings (SSSR count). The molecule has 0 aromatic carbocycles. The van der Waals surface area contributed by atoms with Crippen LogP contribution >= 0.6 is 0 Å². The predicted molar refractivity (Wildman–Crippen MR) is 42.7 cm³/mol. The molecule has 0 saturated carbocycles. The first-order valence-corrected chi connectivity index (χ1v) is 3.84. The molecule has 13 heavy (non-hydrogen) atoms. The summed E-state index contributed by atoms with van der Waals surface area (Å²) in [5.41, 5.74) is 2.69. The van der Waals surface area contributed by atoms with E-state index in [1.165, 1.54) is 12.8 Å². The molecule has 1 heterocycles. The van der Waals surface area contributed by atoms with Gasteiger partial charge in [0.2, 0.25) is 0 Å². The Morgan fingerprint density at radius 1 is 1.00 bits per heavy atom. The Hall–Kier alpha value is -1.64. The minimum atomic E-state index is 0.971. The molecular weight excluding hydrogens is 174 g/mol. The lowest BCUT2D eigenvalue weighted by molar-refractivity contribution is 0.231. The van der Waals surface area contributed by atoms with Gasteiger partial charge in [-0.2, -0.15) is 0 Å². The summed E-state index contributed by atoms with van der Waals surface area (Å²) in [6.07, 6.45) is 2.34. The molecule has 9 heteroatoms. The van der Waals surface area contributed by atoms with E-state index in [2.05, 4.69) is 42.7 Å². The number of nitrogens with one attached hydrogen (secondary N) is 1. The topological polar surface area (TPSA) is 115 Å². The second kappa shape index (κ2) is 5.94. The summed E-state index contributed by atoms with van der Waals surface area (Å²) in [5, 5.41) is 20.9. The Morgan fingerprint density at radius 3 is 2.38 bits per heavy atom. The first-order valence-electron chi connectivity index (χ1n) is 3.84. The Kier molecular flexibility index (Phi) is 4.32. The summed E-state index contributed by atoms with van der Waals surface area (Å²) in [5.74, 6) is 4.65. The quantitative estimate of drug-likeness (QED) is 0.378. The first-order chi connectivity index (χ1) is 6.43. The maximum atomic E-state index is 4.65. The lowest BCUT2D eigenvalue weighted by Gasteiger charge is -2.09.